The summed E-state index contributed by atoms with van der Waals surface area (Å²) >= 11 is 0. The number of para-hydroxylation sites is 4. The third kappa shape index (κ3) is 4.88. The van der Waals surface area contributed by atoms with E-state index in [-0.39, 0.29) is 5.78 Å². The van der Waals surface area contributed by atoms with Crippen LogP contribution in [0.2, 0.25) is 0 Å². The Labute approximate surface area is 269 Å². The minimum absolute atomic E-state index is 0.219. The minimum atomic E-state index is -1.94. The van der Waals surface area contributed by atoms with Crippen molar-refractivity contribution >= 4 is 66.1 Å². The summed E-state index contributed by atoms with van der Waals surface area (Å²) in [6.45, 7) is 0. The monoisotopic (exact) mass is 654 g/mol. The Morgan fingerprint density at radius 3 is 1.13 bits per heavy atom. The number of carbonyl (C=O) groups is 1. The molecule has 6 aromatic carbocycles. The van der Waals surface area contributed by atoms with Gasteiger partial charge in [0.1, 0.15) is 33.8 Å². The van der Waals surface area contributed by atoms with E-state index in [4.69, 9.17) is 25.8 Å². The van der Waals surface area contributed by atoms with Crippen molar-refractivity contribution in [3.63, 3.8) is 0 Å². The van der Waals surface area contributed by atoms with Crippen LogP contribution in [-0.4, -0.2) is 5.78 Å². The lowest BCUT2D eigenvalue weighted by molar-refractivity contribution is 0.103. The molecule has 9 rings (SSSR count). The van der Waals surface area contributed by atoms with E-state index in [1.165, 1.54) is 0 Å². The van der Waals surface area contributed by atoms with Crippen molar-refractivity contribution in [3.05, 3.63) is 156 Å². The Kier molecular flexibility index (Phi) is 6.67. The van der Waals surface area contributed by atoms with Crippen LogP contribution in [0.15, 0.2) is 150 Å². The van der Waals surface area contributed by atoms with Crippen LogP contribution in [0, 0.1) is 0 Å². The van der Waals surface area contributed by atoms with Gasteiger partial charge in [0.15, 0.2) is 0 Å². The Morgan fingerprint density at radius 2 is 0.766 bits per heavy atom. The highest BCUT2D eigenvalue weighted by molar-refractivity contribution is 7.32. The average molecular weight is 655 g/mol. The van der Waals surface area contributed by atoms with Crippen molar-refractivity contribution in [2.45, 2.75) is 6.42 Å². The van der Waals surface area contributed by atoms with E-state index in [1.807, 2.05) is 121 Å². The summed E-state index contributed by atoms with van der Waals surface area (Å²) in [5.74, 6) is 0.543. The Hall–Kier alpha value is -5.61. The van der Waals surface area contributed by atoms with Gasteiger partial charge in [-0.1, -0.05) is 97.1 Å². The van der Waals surface area contributed by atoms with Gasteiger partial charge in [-0.05, 0) is 53.9 Å². The van der Waals surface area contributed by atoms with E-state index < -0.39 is 16.5 Å². The van der Waals surface area contributed by atoms with Crippen molar-refractivity contribution in [2.75, 3.05) is 0 Å². The molecule has 0 radical (unpaired) electrons. The van der Waals surface area contributed by atoms with Crippen molar-refractivity contribution in [3.8, 4) is 11.5 Å². The van der Waals surface area contributed by atoms with Gasteiger partial charge < -0.3 is 25.8 Å². The lowest BCUT2D eigenvalue weighted by atomic mass is 9.84. The van der Waals surface area contributed by atoms with Gasteiger partial charge in [-0.3, -0.25) is 4.79 Å². The summed E-state index contributed by atoms with van der Waals surface area (Å²) in [7, 11) is -3.89. The zero-order valence-corrected chi connectivity index (χ0v) is 26.4. The maximum Gasteiger partial charge on any atom is 0.453 e. The zero-order chi connectivity index (χ0) is 31.3. The van der Waals surface area contributed by atoms with Crippen LogP contribution in [0.25, 0.3) is 43.9 Å². The van der Waals surface area contributed by atoms with Gasteiger partial charge in [0.25, 0.3) is 0 Å². The Bertz CT molecular complexity index is 2310. The summed E-state index contributed by atoms with van der Waals surface area (Å²) < 4.78 is 38.0. The van der Waals surface area contributed by atoms with Crippen molar-refractivity contribution < 1.29 is 30.6 Å². The first-order chi connectivity index (χ1) is 23.2. The topological polar surface area (TPSA) is 88.1 Å². The molecule has 0 fully saturated rings. The largest absolute Gasteiger partial charge is 0.453 e. The summed E-state index contributed by atoms with van der Waals surface area (Å²) in [4.78, 5) is 14.5. The van der Waals surface area contributed by atoms with Crippen LogP contribution in [-0.2, 0) is 6.42 Å². The predicted molar refractivity (Wildman–Crippen MR) is 184 cm³/mol. The summed E-state index contributed by atoms with van der Waals surface area (Å²) in [5, 5.41) is 3.64. The van der Waals surface area contributed by atoms with Crippen LogP contribution in [0.3, 0.4) is 0 Å². The third-order valence-corrected chi connectivity index (χ3v) is 10.3. The maximum absolute atomic E-state index is 14.5. The SMILES string of the molecule is O=C1c2c(cccc2Op2oc3ccccc3c3ccccc3o2)Cc2cccc(Op3oc4ccccc4c4ccccc4o3)c21. The van der Waals surface area contributed by atoms with Crippen LogP contribution in [0.1, 0.15) is 27.0 Å². The fourth-order valence-corrected chi connectivity index (χ4v) is 8.24. The first kappa shape index (κ1) is 27.7. The lowest BCUT2D eigenvalue weighted by Crippen LogP contribution is -2.16. The molecule has 0 N–H and O–H groups in total. The molecule has 1 aliphatic rings. The van der Waals surface area contributed by atoms with Crippen molar-refractivity contribution in [1.82, 2.24) is 0 Å². The molecule has 2 aromatic heterocycles. The molecule has 0 saturated heterocycles. The van der Waals surface area contributed by atoms with E-state index in [1.54, 1.807) is 12.1 Å². The van der Waals surface area contributed by atoms with Gasteiger partial charge >= 0.3 is 16.5 Å². The van der Waals surface area contributed by atoms with Gasteiger partial charge in [-0.25, -0.2) is 0 Å². The molecule has 0 unspecified atom stereocenters. The average Bonchev–Trinajstić information content (AvgIpc) is 3.35. The van der Waals surface area contributed by atoms with Gasteiger partial charge in [-0.2, -0.15) is 0 Å². The zero-order valence-electron chi connectivity index (χ0n) is 24.7. The number of fused-ring (bicyclic) bond motifs is 8. The number of hydrogen-bond acceptors (Lipinski definition) is 7. The second-order valence-corrected chi connectivity index (χ2v) is 13.1. The standard InChI is InChI=1S/C38H24O7P2/c39-38-36-24(11-9-21-34(36)44-46-40-30-17-5-1-13-26(30)27-14-2-6-18-31(27)41-46)23-25-12-10-22-35(37(25)38)45-47-42-32-19-7-3-15-28(32)29-16-4-8-20-33(29)43-47/h1-22H,23H2. The van der Waals surface area contributed by atoms with Gasteiger partial charge in [0, 0.05) is 21.5 Å². The summed E-state index contributed by atoms with van der Waals surface area (Å²) in [6, 6.07) is 42.2. The lowest BCUT2D eigenvalue weighted by Gasteiger charge is -2.22. The molecule has 2 heterocycles. The molecule has 0 atom stereocenters. The molecule has 0 aliphatic heterocycles. The van der Waals surface area contributed by atoms with Crippen LogP contribution < -0.4 is 9.05 Å². The molecular formula is C38H24O7P2. The molecular weight excluding hydrogens is 630 g/mol. The molecule has 0 saturated carbocycles. The number of benzene rings is 6. The van der Waals surface area contributed by atoms with E-state index in [2.05, 4.69) is 0 Å². The number of rotatable bonds is 4. The highest BCUT2D eigenvalue weighted by Crippen LogP contribution is 2.44. The minimum Gasteiger partial charge on any atom is -0.390 e. The molecule has 9 heteroatoms. The second kappa shape index (κ2) is 11.3. The highest BCUT2D eigenvalue weighted by Gasteiger charge is 2.31. The van der Waals surface area contributed by atoms with Crippen LogP contribution in [0.5, 0.6) is 11.5 Å². The van der Waals surface area contributed by atoms with Crippen LogP contribution in [0.4, 0.5) is 0 Å². The predicted octanol–water partition coefficient (Wildman–Crippen LogP) is 11.7. The molecule has 0 spiro atoms. The van der Waals surface area contributed by atoms with E-state index in [9.17, 15) is 4.79 Å². The Morgan fingerprint density at radius 1 is 0.426 bits per heavy atom. The molecule has 7 nitrogen and oxygen atoms in total. The van der Waals surface area contributed by atoms with Crippen molar-refractivity contribution in [2.24, 2.45) is 0 Å². The molecule has 47 heavy (non-hydrogen) atoms. The molecule has 0 amide bonds. The Balaban J connectivity index is 1.15. The van der Waals surface area contributed by atoms with Gasteiger partial charge in [0.05, 0.1) is 11.1 Å². The number of carbonyl (C=O) groups excluding carboxylic acids is 1. The number of hydrogen-bond donors (Lipinski definition) is 0. The van der Waals surface area contributed by atoms with Crippen LogP contribution >= 0.6 is 16.5 Å². The number of ketones is 1. The van der Waals surface area contributed by atoms with E-state index in [0.29, 0.717) is 51.4 Å². The molecule has 1 aliphatic carbocycles. The molecule has 0 bridgehead atoms. The van der Waals surface area contributed by atoms with Gasteiger partial charge in [0.2, 0.25) is 5.78 Å². The van der Waals surface area contributed by atoms with Crippen molar-refractivity contribution in [1.29, 1.82) is 0 Å². The molecule has 8 aromatic rings. The highest BCUT2D eigenvalue weighted by atomic mass is 31.1. The van der Waals surface area contributed by atoms with E-state index >= 15 is 0 Å². The molecule has 228 valence electrons. The normalized spacial score (nSPS) is 12.2. The first-order valence-electron chi connectivity index (χ1n) is 15.0. The third-order valence-electron chi connectivity index (χ3n) is 8.23. The fraction of sp³-hybridized carbons (Fsp3) is 0.0263. The van der Waals surface area contributed by atoms with Gasteiger partial charge in [-0.15, -0.1) is 0 Å². The second-order valence-electron chi connectivity index (χ2n) is 11.1. The maximum atomic E-state index is 14.5. The first-order valence-corrected chi connectivity index (χ1v) is 17.2. The smallest absolute Gasteiger partial charge is 0.390 e. The van der Waals surface area contributed by atoms with E-state index in [0.717, 1.165) is 32.7 Å². The quantitative estimate of drug-likeness (QED) is 0.187. The summed E-state index contributed by atoms with van der Waals surface area (Å²) in [6.07, 6.45) is 0.515. The fourth-order valence-electron chi connectivity index (χ4n) is 6.11. The summed E-state index contributed by atoms with van der Waals surface area (Å²) in [5.41, 5.74) is 5.18.